The Labute approximate surface area is 104 Å². The number of hydrogen-bond donors (Lipinski definition) is 2. The van der Waals surface area contributed by atoms with Crippen molar-refractivity contribution in [2.24, 2.45) is 10.9 Å². The Morgan fingerprint density at radius 3 is 2.24 bits per heavy atom. The van der Waals surface area contributed by atoms with Crippen LogP contribution in [0.4, 0.5) is 0 Å². The van der Waals surface area contributed by atoms with Gasteiger partial charge in [-0.25, -0.2) is 0 Å². The summed E-state index contributed by atoms with van der Waals surface area (Å²) in [5.41, 5.74) is 5.23. The Morgan fingerprint density at radius 2 is 1.82 bits per heavy atom. The van der Waals surface area contributed by atoms with Gasteiger partial charge in [0, 0.05) is 25.6 Å². The summed E-state index contributed by atoms with van der Waals surface area (Å²) in [5.74, 6) is 0.277. The lowest BCUT2D eigenvalue weighted by molar-refractivity contribution is -0.186. The molecule has 0 aromatic carbocycles. The van der Waals surface area contributed by atoms with Crippen LogP contribution in [0.2, 0.25) is 0 Å². The maximum Gasteiger partial charge on any atom is 0.140 e. The molecule has 1 aliphatic heterocycles. The van der Waals surface area contributed by atoms with E-state index in [1.54, 1.807) is 0 Å². The second kappa shape index (κ2) is 4.82. The van der Waals surface area contributed by atoms with Crippen molar-refractivity contribution in [3.8, 4) is 0 Å². The lowest BCUT2D eigenvalue weighted by Gasteiger charge is -2.49. The Hall–Kier alpha value is -0.810. The van der Waals surface area contributed by atoms with Crippen molar-refractivity contribution in [1.29, 1.82) is 0 Å². The molecule has 1 aliphatic rings. The van der Waals surface area contributed by atoms with Gasteiger partial charge in [-0.3, -0.25) is 4.90 Å². The fourth-order valence-corrected chi connectivity index (χ4v) is 2.63. The minimum atomic E-state index is -0.166. The van der Waals surface area contributed by atoms with Gasteiger partial charge in [0.05, 0.1) is 11.2 Å². The van der Waals surface area contributed by atoms with E-state index in [0.29, 0.717) is 6.42 Å². The third-order valence-corrected chi connectivity index (χ3v) is 2.98. The average Bonchev–Trinajstić information content (AvgIpc) is 2.12. The lowest BCUT2D eigenvalue weighted by Crippen LogP contribution is -2.59. The van der Waals surface area contributed by atoms with Crippen molar-refractivity contribution in [1.82, 2.24) is 4.90 Å². The van der Waals surface area contributed by atoms with Crippen LogP contribution in [0.5, 0.6) is 0 Å². The molecule has 1 saturated heterocycles. The second-order valence-electron chi connectivity index (χ2n) is 6.17. The van der Waals surface area contributed by atoms with Gasteiger partial charge in [-0.1, -0.05) is 5.16 Å². The monoisotopic (exact) mass is 243 g/mol. The molecule has 0 spiro atoms. The quantitative estimate of drug-likeness (QED) is 0.340. The normalized spacial score (nSPS) is 26.8. The topological polar surface area (TPSA) is 71.1 Å². The van der Waals surface area contributed by atoms with Gasteiger partial charge in [0.2, 0.25) is 0 Å². The molecule has 3 N–H and O–H groups in total. The number of nitrogens with zero attached hydrogens (tertiary/aromatic N) is 2. The number of ether oxygens (including phenoxy) is 1. The van der Waals surface area contributed by atoms with Crippen molar-refractivity contribution >= 4 is 5.84 Å². The largest absolute Gasteiger partial charge is 0.409 e. The van der Waals surface area contributed by atoms with Crippen LogP contribution < -0.4 is 5.73 Å². The summed E-state index contributed by atoms with van der Waals surface area (Å²) in [6.07, 6.45) is 0.572. The molecule has 1 rings (SSSR count). The fraction of sp³-hybridized carbons (Fsp3) is 0.917. The molecule has 1 atom stereocenters. The van der Waals surface area contributed by atoms with Crippen molar-refractivity contribution < 1.29 is 9.94 Å². The predicted molar refractivity (Wildman–Crippen MR) is 68.3 cm³/mol. The van der Waals surface area contributed by atoms with Crippen molar-refractivity contribution in [2.45, 2.75) is 58.3 Å². The van der Waals surface area contributed by atoms with E-state index in [2.05, 4.69) is 44.7 Å². The Bertz CT molecular complexity index is 284. The first-order chi connectivity index (χ1) is 7.65. The first-order valence-electron chi connectivity index (χ1n) is 6.06. The van der Waals surface area contributed by atoms with Crippen molar-refractivity contribution in [2.75, 3.05) is 13.1 Å². The number of morpholine rings is 1. The molecular formula is C12H25N3O2. The molecule has 0 saturated carbocycles. The number of rotatable bonds is 3. The van der Waals surface area contributed by atoms with E-state index in [-0.39, 0.29) is 23.1 Å². The van der Waals surface area contributed by atoms with Crippen LogP contribution in [-0.4, -0.2) is 46.3 Å². The Morgan fingerprint density at radius 1 is 1.35 bits per heavy atom. The van der Waals surface area contributed by atoms with Gasteiger partial charge in [0.1, 0.15) is 5.84 Å². The van der Waals surface area contributed by atoms with E-state index in [1.807, 2.05) is 0 Å². The van der Waals surface area contributed by atoms with E-state index in [0.717, 1.165) is 13.1 Å². The van der Waals surface area contributed by atoms with Crippen molar-refractivity contribution in [3.05, 3.63) is 0 Å². The van der Waals surface area contributed by atoms with Gasteiger partial charge in [-0.05, 0) is 34.6 Å². The summed E-state index contributed by atoms with van der Waals surface area (Å²) < 4.78 is 6.02. The fourth-order valence-electron chi connectivity index (χ4n) is 2.63. The second-order valence-corrected chi connectivity index (χ2v) is 6.17. The molecule has 5 heteroatoms. The van der Waals surface area contributed by atoms with Crippen LogP contribution in [0.15, 0.2) is 5.16 Å². The van der Waals surface area contributed by atoms with Crippen LogP contribution in [-0.2, 0) is 4.74 Å². The molecule has 1 unspecified atom stereocenters. The molecule has 0 aliphatic carbocycles. The summed E-state index contributed by atoms with van der Waals surface area (Å²) in [4.78, 5) is 2.33. The highest BCUT2D eigenvalue weighted by molar-refractivity contribution is 5.80. The maximum absolute atomic E-state index is 8.61. The summed E-state index contributed by atoms with van der Waals surface area (Å²) in [6, 6.07) is 0.244. The van der Waals surface area contributed by atoms with Gasteiger partial charge in [0.25, 0.3) is 0 Å². The highest BCUT2D eigenvalue weighted by Gasteiger charge is 2.39. The lowest BCUT2D eigenvalue weighted by atomic mass is 9.97. The minimum Gasteiger partial charge on any atom is -0.409 e. The standard InChI is InChI=1S/C12H25N3O2/c1-9(6-10(13)14-16)15-7-11(2,3)17-12(4,5)8-15/h9,16H,6-8H2,1-5H3,(H2,13,14). The molecule has 5 nitrogen and oxygen atoms in total. The van der Waals surface area contributed by atoms with E-state index in [4.69, 9.17) is 15.7 Å². The minimum absolute atomic E-state index is 0.166. The number of hydrogen-bond acceptors (Lipinski definition) is 4. The van der Waals surface area contributed by atoms with E-state index in [1.165, 1.54) is 0 Å². The molecule has 0 aromatic heterocycles. The maximum atomic E-state index is 8.61. The molecule has 17 heavy (non-hydrogen) atoms. The molecule has 100 valence electrons. The van der Waals surface area contributed by atoms with Crippen LogP contribution in [0.3, 0.4) is 0 Å². The van der Waals surface area contributed by atoms with Crippen LogP contribution in [0.1, 0.15) is 41.0 Å². The molecule has 1 heterocycles. The Balaban J connectivity index is 2.70. The zero-order valence-corrected chi connectivity index (χ0v) is 11.5. The Kier molecular flexibility index (Phi) is 4.04. The average molecular weight is 243 g/mol. The highest BCUT2D eigenvalue weighted by atomic mass is 16.5. The van der Waals surface area contributed by atoms with Gasteiger partial charge in [-0.15, -0.1) is 0 Å². The molecule has 1 fully saturated rings. The summed E-state index contributed by atoms with van der Waals surface area (Å²) in [7, 11) is 0. The van der Waals surface area contributed by atoms with E-state index >= 15 is 0 Å². The van der Waals surface area contributed by atoms with Crippen LogP contribution in [0.25, 0.3) is 0 Å². The highest BCUT2D eigenvalue weighted by Crippen LogP contribution is 2.29. The molecule has 0 radical (unpaired) electrons. The van der Waals surface area contributed by atoms with Gasteiger partial charge in [-0.2, -0.15) is 0 Å². The summed E-state index contributed by atoms with van der Waals surface area (Å²) in [6.45, 7) is 12.2. The molecule has 0 aromatic rings. The van der Waals surface area contributed by atoms with Gasteiger partial charge < -0.3 is 15.7 Å². The van der Waals surface area contributed by atoms with Gasteiger partial charge >= 0.3 is 0 Å². The first kappa shape index (κ1) is 14.3. The SMILES string of the molecule is CC(CC(N)=NO)N1CC(C)(C)OC(C)(C)C1. The number of nitrogens with two attached hydrogens (primary N) is 1. The van der Waals surface area contributed by atoms with Crippen LogP contribution in [0, 0.1) is 0 Å². The van der Waals surface area contributed by atoms with E-state index in [9.17, 15) is 0 Å². The third-order valence-electron chi connectivity index (χ3n) is 2.98. The van der Waals surface area contributed by atoms with Gasteiger partial charge in [0.15, 0.2) is 0 Å². The summed E-state index contributed by atoms with van der Waals surface area (Å²) >= 11 is 0. The van der Waals surface area contributed by atoms with Crippen molar-refractivity contribution in [3.63, 3.8) is 0 Å². The molecule has 0 amide bonds. The number of amidine groups is 1. The number of oxime groups is 1. The zero-order valence-electron chi connectivity index (χ0n) is 11.5. The summed E-state index contributed by atoms with van der Waals surface area (Å²) in [5, 5.41) is 11.6. The van der Waals surface area contributed by atoms with E-state index < -0.39 is 0 Å². The molecular weight excluding hydrogens is 218 g/mol. The molecule has 0 bridgehead atoms. The smallest absolute Gasteiger partial charge is 0.140 e. The van der Waals surface area contributed by atoms with Crippen LogP contribution >= 0.6 is 0 Å². The first-order valence-corrected chi connectivity index (χ1v) is 6.06. The predicted octanol–water partition coefficient (Wildman–Crippen LogP) is 1.40. The third kappa shape index (κ3) is 4.16. The zero-order chi connectivity index (χ0) is 13.3.